The van der Waals surface area contributed by atoms with Gasteiger partial charge in [0.05, 0.1) is 62.8 Å². The smallest absolute Gasteiger partial charge is 0.280 e. The Labute approximate surface area is 256 Å². The molecule has 2 aromatic rings. The van der Waals surface area contributed by atoms with E-state index in [1.807, 2.05) is 13.0 Å². The zero-order chi connectivity index (χ0) is 31.0. The highest BCUT2D eigenvalue weighted by Crippen LogP contribution is 2.39. The Morgan fingerprint density at radius 2 is 1.31 bits per heavy atom. The average molecular weight is 626 g/mol. The molecule has 0 aromatic heterocycles. The fourth-order valence-corrected chi connectivity index (χ4v) is 5.37. The molecule has 2 amide bonds. The maximum atomic E-state index is 13.2. The van der Waals surface area contributed by atoms with Crippen molar-refractivity contribution in [2.24, 2.45) is 0 Å². The van der Waals surface area contributed by atoms with Crippen LogP contribution in [-0.2, 0) is 19.1 Å². The molecule has 12 heteroatoms. The first-order valence-electron chi connectivity index (χ1n) is 13.4. The van der Waals surface area contributed by atoms with E-state index < -0.39 is 17.6 Å². The number of hydrogen-bond acceptors (Lipinski definition) is 8. The van der Waals surface area contributed by atoms with Crippen LogP contribution in [0.25, 0.3) is 5.57 Å². The summed E-state index contributed by atoms with van der Waals surface area (Å²) in [4.78, 5) is 36.6. The van der Waals surface area contributed by atoms with E-state index in [1.54, 1.807) is 24.3 Å². The Morgan fingerprint density at radius 1 is 0.857 bits per heavy atom. The van der Waals surface area contributed by atoms with E-state index in [2.05, 4.69) is 0 Å². The quantitative estimate of drug-likeness (QED) is 0.197. The molecule has 0 radical (unpaired) electrons. The SMILES string of the molecule is CCC1(CCCC=C(c2cc(Cl)c(OC)c(C(=O)N(C)OC)c2)c2cc(Cl)c(OC)c(C(=O)N(C)OC)c2)OCCO1. The second-order valence-electron chi connectivity index (χ2n) is 9.52. The highest BCUT2D eigenvalue weighted by Gasteiger charge is 2.33. The first-order chi connectivity index (χ1) is 20.1. The summed E-state index contributed by atoms with van der Waals surface area (Å²) in [5, 5.41) is 2.60. The van der Waals surface area contributed by atoms with Crippen LogP contribution in [0.1, 0.15) is 64.4 Å². The molecular formula is C30H38Cl2N2O8. The summed E-state index contributed by atoms with van der Waals surface area (Å²) in [5.74, 6) is -1.08. The molecule has 0 bridgehead atoms. The van der Waals surface area contributed by atoms with Gasteiger partial charge in [-0.15, -0.1) is 0 Å². The van der Waals surface area contributed by atoms with Gasteiger partial charge in [0.1, 0.15) is 11.5 Å². The van der Waals surface area contributed by atoms with E-state index in [4.69, 9.17) is 51.8 Å². The van der Waals surface area contributed by atoms with Crippen LogP contribution in [0, 0.1) is 0 Å². The first-order valence-corrected chi connectivity index (χ1v) is 14.2. The Bertz CT molecular complexity index is 1230. The Morgan fingerprint density at radius 3 is 1.69 bits per heavy atom. The topological polar surface area (TPSA) is 96.0 Å². The monoisotopic (exact) mass is 624 g/mol. The fraction of sp³-hybridized carbons (Fsp3) is 0.467. The highest BCUT2D eigenvalue weighted by molar-refractivity contribution is 6.33. The number of amides is 2. The molecule has 0 aliphatic carbocycles. The molecule has 10 nitrogen and oxygen atoms in total. The number of benzene rings is 2. The molecule has 1 saturated heterocycles. The molecule has 1 aliphatic rings. The van der Waals surface area contributed by atoms with E-state index in [-0.39, 0.29) is 32.7 Å². The van der Waals surface area contributed by atoms with Gasteiger partial charge in [-0.05, 0) is 60.2 Å². The van der Waals surface area contributed by atoms with E-state index >= 15 is 0 Å². The molecule has 3 rings (SSSR count). The maximum Gasteiger partial charge on any atom is 0.280 e. The first kappa shape index (κ1) is 33.6. The highest BCUT2D eigenvalue weighted by atomic mass is 35.5. The summed E-state index contributed by atoms with van der Waals surface area (Å²) in [6, 6.07) is 6.75. The van der Waals surface area contributed by atoms with E-state index in [1.165, 1.54) is 42.5 Å². The van der Waals surface area contributed by atoms with E-state index in [0.717, 1.165) is 23.0 Å². The lowest BCUT2D eigenvalue weighted by atomic mass is 9.92. The molecule has 0 atom stereocenters. The molecule has 0 saturated carbocycles. The van der Waals surface area contributed by atoms with Crippen molar-refractivity contribution in [3.05, 3.63) is 62.6 Å². The number of carbonyl (C=O) groups excluding carboxylic acids is 2. The van der Waals surface area contributed by atoms with Crippen LogP contribution in [0.3, 0.4) is 0 Å². The normalized spacial score (nSPS) is 13.9. The molecule has 0 unspecified atom stereocenters. The number of halogens is 2. The van der Waals surface area contributed by atoms with Crippen LogP contribution in [0.15, 0.2) is 30.3 Å². The van der Waals surface area contributed by atoms with Crippen molar-refractivity contribution >= 4 is 40.6 Å². The zero-order valence-electron chi connectivity index (χ0n) is 25.0. The third-order valence-corrected chi connectivity index (χ3v) is 7.72. The number of nitrogens with zero attached hydrogens (tertiary/aromatic N) is 2. The van der Waals surface area contributed by atoms with Crippen LogP contribution in [0.4, 0.5) is 0 Å². The maximum absolute atomic E-state index is 13.2. The molecule has 230 valence electrons. The number of hydrogen-bond donors (Lipinski definition) is 0. The summed E-state index contributed by atoms with van der Waals surface area (Å²) in [6.45, 7) is 3.18. The predicted molar refractivity (Wildman–Crippen MR) is 160 cm³/mol. The lowest BCUT2D eigenvalue weighted by Gasteiger charge is -2.25. The van der Waals surface area contributed by atoms with Gasteiger partial charge >= 0.3 is 0 Å². The van der Waals surface area contributed by atoms with Gasteiger partial charge in [-0.25, -0.2) is 10.1 Å². The molecule has 2 aromatic carbocycles. The van der Waals surface area contributed by atoms with Gasteiger partial charge in [-0.1, -0.05) is 36.2 Å². The number of unbranched alkanes of at least 4 members (excludes halogenated alkanes) is 1. The minimum Gasteiger partial charge on any atom is -0.494 e. The minimum absolute atomic E-state index is 0.197. The lowest BCUT2D eigenvalue weighted by molar-refractivity contribution is -0.164. The number of rotatable bonds is 13. The van der Waals surface area contributed by atoms with Gasteiger partial charge in [0.2, 0.25) is 0 Å². The summed E-state index contributed by atoms with van der Waals surface area (Å²) in [6.07, 6.45) is 4.83. The third-order valence-electron chi connectivity index (χ3n) is 7.16. The largest absolute Gasteiger partial charge is 0.494 e. The Balaban J connectivity index is 2.18. The van der Waals surface area contributed by atoms with Crippen molar-refractivity contribution in [3.63, 3.8) is 0 Å². The molecule has 0 spiro atoms. The van der Waals surface area contributed by atoms with Crippen LogP contribution < -0.4 is 9.47 Å². The predicted octanol–water partition coefficient (Wildman–Crippen LogP) is 6.03. The zero-order valence-corrected chi connectivity index (χ0v) is 26.6. The van der Waals surface area contributed by atoms with Crippen molar-refractivity contribution in [2.45, 2.75) is 38.4 Å². The summed E-state index contributed by atoms with van der Waals surface area (Å²) >= 11 is 13.3. The van der Waals surface area contributed by atoms with Gasteiger partial charge in [-0.2, -0.15) is 0 Å². The average Bonchev–Trinajstić information content (AvgIpc) is 3.47. The third kappa shape index (κ3) is 7.37. The van der Waals surface area contributed by atoms with Crippen molar-refractivity contribution in [1.82, 2.24) is 10.1 Å². The molecule has 42 heavy (non-hydrogen) atoms. The molecule has 0 N–H and O–H groups in total. The summed E-state index contributed by atoms with van der Waals surface area (Å²) < 4.78 is 22.7. The number of ether oxygens (including phenoxy) is 4. The van der Waals surface area contributed by atoms with Gasteiger partial charge < -0.3 is 18.9 Å². The molecule has 1 fully saturated rings. The second-order valence-corrected chi connectivity index (χ2v) is 10.3. The number of carbonyl (C=O) groups is 2. The minimum atomic E-state index is -0.588. The summed E-state index contributed by atoms with van der Waals surface area (Å²) in [7, 11) is 8.62. The van der Waals surface area contributed by atoms with Gasteiger partial charge in [0.25, 0.3) is 11.8 Å². The number of allylic oxidation sites excluding steroid dienone is 1. The van der Waals surface area contributed by atoms with Crippen LogP contribution in [-0.4, -0.2) is 83.5 Å². The molecule has 1 heterocycles. The lowest BCUT2D eigenvalue weighted by Crippen LogP contribution is -2.28. The Hall–Kier alpha value is -2.86. The summed E-state index contributed by atoms with van der Waals surface area (Å²) in [5.41, 5.74) is 2.29. The van der Waals surface area contributed by atoms with Gasteiger partial charge in [-0.3, -0.25) is 19.3 Å². The molecular weight excluding hydrogens is 587 g/mol. The van der Waals surface area contributed by atoms with Crippen LogP contribution >= 0.6 is 23.2 Å². The van der Waals surface area contributed by atoms with Crippen molar-refractivity contribution in [3.8, 4) is 11.5 Å². The number of hydroxylamine groups is 4. The van der Waals surface area contributed by atoms with Crippen LogP contribution in [0.2, 0.25) is 10.0 Å². The van der Waals surface area contributed by atoms with Gasteiger partial charge in [0, 0.05) is 20.5 Å². The molecule has 1 aliphatic heterocycles. The van der Waals surface area contributed by atoms with Crippen molar-refractivity contribution in [2.75, 3.05) is 55.7 Å². The number of methoxy groups -OCH3 is 2. The fourth-order valence-electron chi connectivity index (χ4n) is 4.78. The van der Waals surface area contributed by atoms with Crippen molar-refractivity contribution < 1.29 is 38.2 Å². The Kier molecular flexibility index (Phi) is 12.0. The van der Waals surface area contributed by atoms with E-state index in [9.17, 15) is 9.59 Å². The standard InChI is InChI=1S/C30H38Cl2N2O8/c1-8-30(41-13-14-42-30)12-10-9-11-21(19-15-22(28(35)33(2)39-6)26(37-4)24(31)17-19)20-16-23(29(36)34(3)40-7)27(38-5)25(32)18-20/h11,15-18H,8-10,12-14H2,1-7H3. The second kappa shape index (κ2) is 15.0. The van der Waals surface area contributed by atoms with Crippen LogP contribution in [0.5, 0.6) is 11.5 Å². The van der Waals surface area contributed by atoms with Gasteiger partial charge in [0.15, 0.2) is 5.79 Å². The van der Waals surface area contributed by atoms with E-state index in [0.29, 0.717) is 42.8 Å². The van der Waals surface area contributed by atoms with Crippen molar-refractivity contribution in [1.29, 1.82) is 0 Å².